The van der Waals surface area contributed by atoms with Crippen LogP contribution in [0.15, 0.2) is 47.5 Å². The smallest absolute Gasteiger partial charge is 0.280 e. The van der Waals surface area contributed by atoms with Crippen molar-refractivity contribution in [1.29, 1.82) is 0 Å². The fourth-order valence-electron chi connectivity index (χ4n) is 5.91. The number of morpholine rings is 1. The maximum absolute atomic E-state index is 13.5. The highest BCUT2D eigenvalue weighted by atomic mass is 19.3. The lowest BCUT2D eigenvalue weighted by Gasteiger charge is -2.42. The van der Waals surface area contributed by atoms with Gasteiger partial charge in [0.1, 0.15) is 23.3 Å². The molecule has 0 bridgehead atoms. The van der Waals surface area contributed by atoms with E-state index in [4.69, 9.17) is 20.0 Å². The van der Waals surface area contributed by atoms with Crippen LogP contribution in [0.1, 0.15) is 68.2 Å². The second-order valence-corrected chi connectivity index (χ2v) is 10.8. The van der Waals surface area contributed by atoms with Gasteiger partial charge in [-0.05, 0) is 51.7 Å². The zero-order valence-electron chi connectivity index (χ0n) is 22.9. The molecule has 4 aromatic rings. The van der Waals surface area contributed by atoms with E-state index in [9.17, 15) is 13.6 Å². The number of hydrogen-bond acceptors (Lipinski definition) is 8. The number of aromatic nitrogens is 6. The molecule has 0 aromatic carbocycles. The Morgan fingerprint density at radius 1 is 1.05 bits per heavy atom. The van der Waals surface area contributed by atoms with E-state index in [2.05, 4.69) is 33.8 Å². The monoisotopic (exact) mass is 566 g/mol. The summed E-state index contributed by atoms with van der Waals surface area (Å²) in [7, 11) is 0. The van der Waals surface area contributed by atoms with Crippen molar-refractivity contribution in [1.82, 2.24) is 34.4 Å². The summed E-state index contributed by atoms with van der Waals surface area (Å²) in [5.74, 6) is -0.518. The molecule has 1 saturated carbocycles. The number of carbonyl (C=O) groups excluding carboxylic acids is 1. The summed E-state index contributed by atoms with van der Waals surface area (Å²) >= 11 is 0. The number of rotatable bonds is 7. The van der Waals surface area contributed by atoms with E-state index < -0.39 is 12.3 Å². The van der Waals surface area contributed by atoms with Crippen molar-refractivity contribution >= 4 is 5.91 Å². The molecular weight excluding hydrogens is 534 g/mol. The predicted octanol–water partition coefficient (Wildman–Crippen LogP) is 4.42. The van der Waals surface area contributed by atoms with Gasteiger partial charge in [0.25, 0.3) is 12.3 Å². The van der Waals surface area contributed by atoms with Crippen molar-refractivity contribution < 1.29 is 22.7 Å². The summed E-state index contributed by atoms with van der Waals surface area (Å²) in [6, 6.07) is 5.16. The molecule has 11 nitrogen and oxygen atoms in total. The third-order valence-electron chi connectivity index (χ3n) is 7.79. The number of amides is 1. The van der Waals surface area contributed by atoms with E-state index >= 15 is 0 Å². The van der Waals surface area contributed by atoms with Gasteiger partial charge >= 0.3 is 0 Å². The zero-order chi connectivity index (χ0) is 28.7. The Morgan fingerprint density at radius 3 is 2.46 bits per heavy atom. The molecule has 0 unspecified atom stereocenters. The van der Waals surface area contributed by atoms with Crippen molar-refractivity contribution in [3.63, 3.8) is 0 Å². The van der Waals surface area contributed by atoms with Gasteiger partial charge in [-0.25, -0.2) is 23.4 Å². The molecule has 2 aliphatic rings. The molecule has 6 rings (SSSR count). The van der Waals surface area contributed by atoms with E-state index in [1.54, 1.807) is 23.0 Å². The Balaban J connectivity index is 1.29. The molecule has 1 aliphatic carbocycles. The first-order valence-electron chi connectivity index (χ1n) is 13.8. The van der Waals surface area contributed by atoms with Crippen LogP contribution in [-0.4, -0.2) is 71.7 Å². The lowest BCUT2D eigenvalue weighted by atomic mass is 9.89. The molecular formula is C28H32F2N8O3. The van der Waals surface area contributed by atoms with Crippen molar-refractivity contribution in [2.75, 3.05) is 13.1 Å². The minimum Gasteiger partial charge on any atom is -0.444 e. The fraction of sp³-hybridized carbons (Fsp3) is 0.464. The third kappa shape index (κ3) is 5.64. The standard InChI is InChI=1S/C28H32F2N8O3/c1-16-11-36(12-17(2)41-16)19-6-8-20(9-7-19)37-14-24(25(35-37)21-4-3-5-22(33-21)26(29)30)38-13-18(10-32-38)28-34-23(15-40-28)27(31)39/h3-5,10,13-17,19-20,26H,6-9,11-12H2,1-2H3,(H2,31,39)/t16-,17+,19?,20?. The molecule has 0 spiro atoms. The van der Waals surface area contributed by atoms with E-state index in [-0.39, 0.29) is 35.5 Å². The molecule has 2 N–H and O–H groups in total. The molecule has 4 aromatic heterocycles. The Labute approximate surface area is 235 Å². The molecule has 13 heteroatoms. The highest BCUT2D eigenvalue weighted by Crippen LogP contribution is 2.35. The van der Waals surface area contributed by atoms with Gasteiger partial charge in [0.15, 0.2) is 5.69 Å². The second-order valence-electron chi connectivity index (χ2n) is 10.8. The number of primary amides is 1. The lowest BCUT2D eigenvalue weighted by molar-refractivity contribution is -0.0852. The first-order valence-corrected chi connectivity index (χ1v) is 13.8. The maximum atomic E-state index is 13.5. The molecule has 216 valence electrons. The molecule has 2 fully saturated rings. The molecule has 2 atom stereocenters. The van der Waals surface area contributed by atoms with Gasteiger partial charge in [-0.1, -0.05) is 6.07 Å². The Hall–Kier alpha value is -3.97. The van der Waals surface area contributed by atoms with Crippen LogP contribution >= 0.6 is 0 Å². The summed E-state index contributed by atoms with van der Waals surface area (Å²) in [6.07, 6.45) is 7.97. The average molecular weight is 567 g/mol. The van der Waals surface area contributed by atoms with Gasteiger partial charge in [-0.3, -0.25) is 14.4 Å². The molecule has 1 saturated heterocycles. The number of carbonyl (C=O) groups is 1. The number of alkyl halides is 2. The normalized spacial score (nSPS) is 23.7. The molecule has 1 amide bonds. The average Bonchev–Trinajstić information content (AvgIpc) is 3.72. The van der Waals surface area contributed by atoms with E-state index in [1.807, 2.05) is 10.9 Å². The quantitative estimate of drug-likeness (QED) is 0.348. The molecule has 0 radical (unpaired) electrons. The zero-order valence-corrected chi connectivity index (χ0v) is 22.9. The third-order valence-corrected chi connectivity index (χ3v) is 7.79. The highest BCUT2D eigenvalue weighted by molar-refractivity contribution is 5.90. The van der Waals surface area contributed by atoms with E-state index in [1.165, 1.54) is 18.5 Å². The van der Waals surface area contributed by atoms with Crippen LogP contribution in [0.3, 0.4) is 0 Å². The minimum atomic E-state index is -2.71. The minimum absolute atomic E-state index is 0.00543. The van der Waals surface area contributed by atoms with Gasteiger partial charge in [0, 0.05) is 25.3 Å². The van der Waals surface area contributed by atoms with Crippen LogP contribution in [0.25, 0.3) is 28.5 Å². The maximum Gasteiger partial charge on any atom is 0.280 e. The van der Waals surface area contributed by atoms with Gasteiger partial charge in [-0.2, -0.15) is 10.2 Å². The summed E-state index contributed by atoms with van der Waals surface area (Å²) in [4.78, 5) is 22.3. The molecule has 1 aliphatic heterocycles. The molecule has 41 heavy (non-hydrogen) atoms. The predicted molar refractivity (Wildman–Crippen MR) is 144 cm³/mol. The topological polar surface area (TPSA) is 130 Å². The van der Waals surface area contributed by atoms with Gasteiger partial charge in [0.2, 0.25) is 5.89 Å². The van der Waals surface area contributed by atoms with Crippen molar-refractivity contribution in [3.8, 4) is 28.5 Å². The van der Waals surface area contributed by atoms with Gasteiger partial charge in [-0.15, -0.1) is 0 Å². The fourth-order valence-corrected chi connectivity index (χ4v) is 5.91. The number of pyridine rings is 1. The van der Waals surface area contributed by atoms with Crippen LogP contribution in [0.5, 0.6) is 0 Å². The van der Waals surface area contributed by atoms with E-state index in [0.29, 0.717) is 28.7 Å². The number of halogens is 2. The van der Waals surface area contributed by atoms with Crippen molar-refractivity contribution in [2.24, 2.45) is 5.73 Å². The van der Waals surface area contributed by atoms with Crippen LogP contribution in [-0.2, 0) is 4.74 Å². The van der Waals surface area contributed by atoms with Crippen molar-refractivity contribution in [2.45, 2.75) is 70.2 Å². The largest absolute Gasteiger partial charge is 0.444 e. The molecule has 5 heterocycles. The first kappa shape index (κ1) is 27.2. The van der Waals surface area contributed by atoms with Crippen molar-refractivity contribution in [3.05, 3.63) is 54.4 Å². The first-order chi connectivity index (χ1) is 19.7. The second kappa shape index (κ2) is 11.1. The van der Waals surface area contributed by atoms with Crippen LogP contribution in [0, 0.1) is 0 Å². The number of nitrogens with zero attached hydrogens (tertiary/aromatic N) is 7. The number of hydrogen-bond donors (Lipinski definition) is 1. The highest BCUT2D eigenvalue weighted by Gasteiger charge is 2.32. The van der Waals surface area contributed by atoms with Crippen LogP contribution in [0.4, 0.5) is 8.78 Å². The Kier molecular flexibility index (Phi) is 7.39. The summed E-state index contributed by atoms with van der Waals surface area (Å²) < 4.78 is 41.8. The van der Waals surface area contributed by atoms with Crippen LogP contribution < -0.4 is 5.73 Å². The van der Waals surface area contributed by atoms with Gasteiger partial charge < -0.3 is 14.9 Å². The Bertz CT molecular complexity index is 1510. The lowest BCUT2D eigenvalue weighted by Crippen LogP contribution is -2.51. The van der Waals surface area contributed by atoms with Crippen LogP contribution in [0.2, 0.25) is 0 Å². The summed E-state index contributed by atoms with van der Waals surface area (Å²) in [6.45, 7) is 6.12. The SMILES string of the molecule is C[C@@H]1CN(C2CCC(n3cc(-n4cc(-c5nc(C(N)=O)co5)cn4)c(-c4cccc(C(F)F)n4)n3)CC2)C[C@H](C)O1. The summed E-state index contributed by atoms with van der Waals surface area (Å²) in [5, 5.41) is 9.33. The number of nitrogens with two attached hydrogens (primary N) is 1. The van der Waals surface area contributed by atoms with Gasteiger partial charge in [0.05, 0.1) is 41.9 Å². The van der Waals surface area contributed by atoms with E-state index in [0.717, 1.165) is 38.8 Å². The number of oxazole rings is 1. The number of ether oxygens (including phenoxy) is 1. The summed E-state index contributed by atoms with van der Waals surface area (Å²) in [5.41, 5.74) is 6.83. The Morgan fingerprint density at radius 2 is 1.78 bits per heavy atom.